The van der Waals surface area contributed by atoms with E-state index in [2.05, 4.69) is 22.3 Å². The minimum atomic E-state index is -1.07. The van der Waals surface area contributed by atoms with Gasteiger partial charge in [-0.3, -0.25) is 14.2 Å². The van der Waals surface area contributed by atoms with Gasteiger partial charge < -0.3 is 24.4 Å². The predicted octanol–water partition coefficient (Wildman–Crippen LogP) is 6.16. The third-order valence-corrected chi connectivity index (χ3v) is 8.45. The van der Waals surface area contributed by atoms with Crippen LogP contribution in [0.25, 0.3) is 0 Å². The Morgan fingerprint density at radius 2 is 1.04 bits per heavy atom. The molecule has 14 heteroatoms. The summed E-state index contributed by atoms with van der Waals surface area (Å²) in [5.74, 6) is -1.07. The van der Waals surface area contributed by atoms with E-state index in [-0.39, 0.29) is 30.7 Å². The lowest BCUT2D eigenvalue weighted by Gasteiger charge is -2.19. The molecule has 0 bridgehead atoms. The molecule has 0 spiro atoms. The van der Waals surface area contributed by atoms with Gasteiger partial charge in [-0.2, -0.15) is 10.2 Å². The average molecular weight is 705 g/mol. The van der Waals surface area contributed by atoms with E-state index in [1.165, 1.54) is 6.07 Å². The van der Waals surface area contributed by atoms with Crippen LogP contribution in [-0.2, 0) is 48.9 Å². The number of nitrogens with zero attached hydrogens (tertiary/aromatic N) is 6. The quantitative estimate of drug-likeness (QED) is 0.233. The SMILES string of the molecule is Cc1cc(C)cc(COC(=O)N2CCCn3nc(C(=O)Cl)cc3C2)c1.Cc1cc(C)cc(COC(=O)N2CCCn3nc(C(=O)O)cc3C2)c1. The van der Waals surface area contributed by atoms with Crippen LogP contribution in [0.3, 0.4) is 0 Å². The Morgan fingerprint density at radius 3 is 1.44 bits per heavy atom. The molecule has 2 aromatic carbocycles. The first kappa shape index (κ1) is 36.1. The van der Waals surface area contributed by atoms with Gasteiger partial charge in [0.25, 0.3) is 5.24 Å². The molecule has 4 heterocycles. The summed E-state index contributed by atoms with van der Waals surface area (Å²) in [5, 5.41) is 16.7. The summed E-state index contributed by atoms with van der Waals surface area (Å²) in [6, 6.07) is 15.3. The Hall–Kier alpha value is -5.17. The molecule has 0 fully saturated rings. The maximum Gasteiger partial charge on any atom is 0.410 e. The lowest BCUT2D eigenvalue weighted by Crippen LogP contribution is -2.31. The number of aromatic carboxylic acids is 1. The number of carboxylic acids is 1. The lowest BCUT2D eigenvalue weighted by atomic mass is 10.1. The van der Waals surface area contributed by atoms with Gasteiger partial charge in [0.1, 0.15) is 18.9 Å². The molecule has 2 aliphatic rings. The van der Waals surface area contributed by atoms with Crippen molar-refractivity contribution in [1.29, 1.82) is 0 Å². The minimum absolute atomic E-state index is 0.000420. The summed E-state index contributed by atoms with van der Waals surface area (Å²) in [6.45, 7) is 11.5. The first-order valence-electron chi connectivity index (χ1n) is 16.4. The van der Waals surface area contributed by atoms with E-state index >= 15 is 0 Å². The van der Waals surface area contributed by atoms with Crippen LogP contribution >= 0.6 is 11.6 Å². The van der Waals surface area contributed by atoms with E-state index < -0.39 is 17.3 Å². The highest BCUT2D eigenvalue weighted by Crippen LogP contribution is 2.18. The Labute approximate surface area is 295 Å². The molecule has 6 rings (SSSR count). The van der Waals surface area contributed by atoms with Crippen molar-refractivity contribution < 1.29 is 33.8 Å². The Balaban J connectivity index is 0.000000194. The van der Waals surface area contributed by atoms with E-state index in [9.17, 15) is 19.2 Å². The molecule has 50 heavy (non-hydrogen) atoms. The van der Waals surface area contributed by atoms with Gasteiger partial charge in [0.15, 0.2) is 5.69 Å². The summed E-state index contributed by atoms with van der Waals surface area (Å²) in [5.41, 5.74) is 8.17. The maximum absolute atomic E-state index is 12.4. The number of carbonyl (C=O) groups excluding carboxylic acids is 3. The Bertz CT molecular complexity index is 1720. The van der Waals surface area contributed by atoms with E-state index in [4.69, 9.17) is 26.2 Å². The first-order chi connectivity index (χ1) is 23.8. The molecule has 4 aromatic rings. The van der Waals surface area contributed by atoms with Crippen LogP contribution in [0.15, 0.2) is 48.5 Å². The smallest absolute Gasteiger partial charge is 0.410 e. The van der Waals surface area contributed by atoms with Gasteiger partial charge in [0.05, 0.1) is 24.5 Å². The van der Waals surface area contributed by atoms with Crippen molar-refractivity contribution in [3.05, 3.63) is 105 Å². The number of ether oxygens (including phenoxy) is 2. The molecule has 1 N–H and O–H groups in total. The van der Waals surface area contributed by atoms with Gasteiger partial charge in [-0.25, -0.2) is 14.4 Å². The predicted molar refractivity (Wildman–Crippen MR) is 184 cm³/mol. The fraction of sp³-hybridized carbons (Fsp3) is 0.389. The molecule has 2 aliphatic heterocycles. The number of rotatable bonds is 6. The number of aryl methyl sites for hydroxylation is 6. The Morgan fingerprint density at radius 1 is 0.640 bits per heavy atom. The minimum Gasteiger partial charge on any atom is -0.476 e. The van der Waals surface area contributed by atoms with Crippen molar-refractivity contribution in [2.45, 2.75) is 79.9 Å². The number of carboxylic acid groups (broad SMARTS) is 1. The summed E-state index contributed by atoms with van der Waals surface area (Å²) >= 11 is 5.49. The fourth-order valence-electron chi connectivity index (χ4n) is 6.21. The Kier molecular flexibility index (Phi) is 11.6. The highest BCUT2D eigenvalue weighted by molar-refractivity contribution is 6.67. The van der Waals surface area contributed by atoms with Crippen LogP contribution in [0, 0.1) is 27.7 Å². The van der Waals surface area contributed by atoms with E-state index in [1.807, 2.05) is 52.0 Å². The molecule has 264 valence electrons. The fourth-order valence-corrected chi connectivity index (χ4v) is 6.31. The topological polar surface area (TPSA) is 149 Å². The highest BCUT2D eigenvalue weighted by Gasteiger charge is 2.24. The van der Waals surface area contributed by atoms with E-state index in [1.54, 1.807) is 25.2 Å². The van der Waals surface area contributed by atoms with Gasteiger partial charge in [0.2, 0.25) is 0 Å². The van der Waals surface area contributed by atoms with Gasteiger partial charge in [0, 0.05) is 26.2 Å². The number of fused-ring (bicyclic) bond motifs is 2. The molecular weight excluding hydrogens is 664 g/mol. The number of aromatic nitrogens is 4. The van der Waals surface area contributed by atoms with Crippen molar-refractivity contribution in [2.24, 2.45) is 0 Å². The molecule has 2 amide bonds. The second-order valence-corrected chi connectivity index (χ2v) is 13.1. The van der Waals surface area contributed by atoms with Crippen molar-refractivity contribution in [3.8, 4) is 0 Å². The van der Waals surface area contributed by atoms with E-state index in [0.717, 1.165) is 45.5 Å². The molecule has 0 saturated heterocycles. The van der Waals surface area contributed by atoms with E-state index in [0.29, 0.717) is 51.4 Å². The van der Waals surface area contributed by atoms with Crippen molar-refractivity contribution in [1.82, 2.24) is 29.4 Å². The second-order valence-electron chi connectivity index (χ2n) is 12.7. The number of amides is 2. The highest BCUT2D eigenvalue weighted by atomic mass is 35.5. The zero-order valence-electron chi connectivity index (χ0n) is 28.6. The lowest BCUT2D eigenvalue weighted by molar-refractivity contribution is 0.0689. The number of benzene rings is 2. The normalized spacial score (nSPS) is 13.9. The van der Waals surface area contributed by atoms with Crippen molar-refractivity contribution >= 4 is 35.0 Å². The largest absolute Gasteiger partial charge is 0.476 e. The van der Waals surface area contributed by atoms with Crippen LogP contribution in [-0.4, -0.2) is 71.0 Å². The van der Waals surface area contributed by atoms with Gasteiger partial charge in [-0.15, -0.1) is 0 Å². The first-order valence-corrected chi connectivity index (χ1v) is 16.8. The van der Waals surface area contributed by atoms with Crippen LogP contribution in [0.5, 0.6) is 0 Å². The second kappa shape index (κ2) is 16.0. The molecule has 13 nitrogen and oxygen atoms in total. The van der Waals surface area contributed by atoms with Crippen LogP contribution < -0.4 is 0 Å². The zero-order chi connectivity index (χ0) is 35.9. The van der Waals surface area contributed by atoms with Crippen LogP contribution in [0.2, 0.25) is 0 Å². The summed E-state index contributed by atoms with van der Waals surface area (Å²) < 4.78 is 14.3. The van der Waals surface area contributed by atoms with Crippen molar-refractivity contribution in [3.63, 3.8) is 0 Å². The van der Waals surface area contributed by atoms with Crippen LogP contribution in [0.1, 0.15) is 78.6 Å². The maximum atomic E-state index is 12.4. The number of halogens is 1. The molecule has 0 unspecified atom stereocenters. The summed E-state index contributed by atoms with van der Waals surface area (Å²) in [7, 11) is 0. The van der Waals surface area contributed by atoms with Gasteiger partial charge in [-0.05, 0) is 75.4 Å². The van der Waals surface area contributed by atoms with Crippen molar-refractivity contribution in [2.75, 3.05) is 13.1 Å². The molecular formula is C36H41ClN6O7. The van der Waals surface area contributed by atoms with Gasteiger partial charge in [-0.1, -0.05) is 58.7 Å². The molecule has 0 atom stereocenters. The molecule has 0 radical (unpaired) electrons. The third kappa shape index (κ3) is 9.50. The van der Waals surface area contributed by atoms with Gasteiger partial charge >= 0.3 is 18.2 Å². The standard InChI is InChI=1S/C18H20ClN3O3.C18H21N3O4/c1-12-6-13(2)8-14(7-12)11-25-18(24)21-4-3-5-22-15(10-21)9-16(20-22)17(19)23;1-12-6-13(2)8-14(7-12)11-25-18(24)20-4-3-5-21-15(10-20)9-16(19-21)17(22)23/h6-9H,3-5,10-11H2,1-2H3;6-9H,3-5,10-11H2,1-2H3,(H,22,23). The number of hydrogen-bond acceptors (Lipinski definition) is 8. The number of carbonyl (C=O) groups is 4. The molecule has 0 saturated carbocycles. The average Bonchev–Trinajstić information content (AvgIpc) is 3.52. The van der Waals surface area contributed by atoms with Crippen LogP contribution in [0.4, 0.5) is 9.59 Å². The third-order valence-electron chi connectivity index (χ3n) is 8.25. The monoisotopic (exact) mass is 704 g/mol. The molecule has 0 aliphatic carbocycles. The zero-order valence-corrected chi connectivity index (χ0v) is 29.4. The number of hydrogen-bond donors (Lipinski definition) is 1. The summed E-state index contributed by atoms with van der Waals surface area (Å²) in [6.07, 6.45) is 0.675. The summed E-state index contributed by atoms with van der Waals surface area (Å²) in [4.78, 5) is 50.4. The molecule has 2 aromatic heterocycles.